The number of aryl methyl sites for hydroxylation is 1. The first-order chi connectivity index (χ1) is 6.79. The topological polar surface area (TPSA) is 0 Å². The van der Waals surface area contributed by atoms with Gasteiger partial charge in [-0.2, -0.15) is 0 Å². The monoisotopic (exact) mass is 184 g/mol. The molecule has 0 heteroatoms. The van der Waals surface area contributed by atoms with Gasteiger partial charge in [0, 0.05) is 0 Å². The number of hydrogen-bond donors (Lipinski definition) is 0. The zero-order chi connectivity index (χ0) is 9.97. The Hall–Kier alpha value is -1.30. The number of rotatable bonds is 2. The highest BCUT2D eigenvalue weighted by Gasteiger charge is 2.06. The lowest BCUT2D eigenvalue weighted by Gasteiger charge is -2.00. The van der Waals surface area contributed by atoms with Crippen LogP contribution in [-0.4, -0.2) is 0 Å². The third-order valence-corrected chi connectivity index (χ3v) is 2.78. The van der Waals surface area contributed by atoms with E-state index in [0.29, 0.717) is 0 Å². The predicted octanol–water partition coefficient (Wildman–Crippen LogP) is 4.12. The Labute approximate surface area is 86.0 Å². The molecule has 2 rings (SSSR count). The van der Waals surface area contributed by atoms with Crippen LogP contribution in [-0.2, 0) is 0 Å². The molecule has 1 aliphatic carbocycles. The van der Waals surface area contributed by atoms with E-state index in [1.54, 1.807) is 5.57 Å². The Morgan fingerprint density at radius 2 is 1.86 bits per heavy atom. The fourth-order valence-corrected chi connectivity index (χ4v) is 1.77. The van der Waals surface area contributed by atoms with Crippen molar-refractivity contribution in [3.63, 3.8) is 0 Å². The van der Waals surface area contributed by atoms with Crippen molar-refractivity contribution in [2.45, 2.75) is 26.7 Å². The summed E-state index contributed by atoms with van der Waals surface area (Å²) < 4.78 is 0. The molecule has 1 aliphatic rings. The van der Waals surface area contributed by atoms with E-state index in [0.717, 1.165) is 6.42 Å². The largest absolute Gasteiger partial charge is 0.0726 e. The van der Waals surface area contributed by atoms with Crippen molar-refractivity contribution < 1.29 is 0 Å². The molecule has 0 heterocycles. The van der Waals surface area contributed by atoms with E-state index in [9.17, 15) is 0 Å². The van der Waals surface area contributed by atoms with Gasteiger partial charge in [-0.3, -0.25) is 0 Å². The second kappa shape index (κ2) is 3.83. The molecule has 72 valence electrons. The molecule has 0 spiro atoms. The Morgan fingerprint density at radius 3 is 2.43 bits per heavy atom. The molecule has 0 saturated carbocycles. The smallest absolute Gasteiger partial charge is 0.0126 e. The lowest BCUT2D eigenvalue weighted by atomic mass is 10.1. The molecule has 1 aromatic carbocycles. The van der Waals surface area contributed by atoms with Gasteiger partial charge in [0.1, 0.15) is 0 Å². The van der Waals surface area contributed by atoms with E-state index < -0.39 is 0 Å². The van der Waals surface area contributed by atoms with Gasteiger partial charge in [0.15, 0.2) is 0 Å². The van der Waals surface area contributed by atoms with E-state index in [2.05, 4.69) is 50.3 Å². The molecule has 0 radical (unpaired) electrons. The van der Waals surface area contributed by atoms with Crippen molar-refractivity contribution in [1.29, 1.82) is 0 Å². The first-order valence-electron chi connectivity index (χ1n) is 5.26. The zero-order valence-corrected chi connectivity index (χ0v) is 8.88. The van der Waals surface area contributed by atoms with E-state index >= 15 is 0 Å². The summed E-state index contributed by atoms with van der Waals surface area (Å²) in [5.74, 6) is 0. The molecule has 0 N–H and O–H groups in total. The summed E-state index contributed by atoms with van der Waals surface area (Å²) >= 11 is 0. The summed E-state index contributed by atoms with van der Waals surface area (Å²) in [6, 6.07) is 8.76. The SMILES string of the molecule is CCC1=CC(c2ccc(C)cc2)=CC1. The van der Waals surface area contributed by atoms with Crippen molar-refractivity contribution in [2.75, 3.05) is 0 Å². The summed E-state index contributed by atoms with van der Waals surface area (Å²) in [5, 5.41) is 0. The van der Waals surface area contributed by atoms with Gasteiger partial charge in [-0.05, 0) is 30.9 Å². The number of benzene rings is 1. The van der Waals surface area contributed by atoms with Crippen LogP contribution in [0, 0.1) is 6.92 Å². The molecule has 0 unspecified atom stereocenters. The highest BCUT2D eigenvalue weighted by molar-refractivity contribution is 5.77. The number of hydrogen-bond acceptors (Lipinski definition) is 0. The van der Waals surface area contributed by atoms with Crippen LogP contribution in [0.15, 0.2) is 42.0 Å². The van der Waals surface area contributed by atoms with Gasteiger partial charge in [-0.1, -0.05) is 54.5 Å². The minimum absolute atomic E-state index is 1.14. The van der Waals surface area contributed by atoms with E-state index in [4.69, 9.17) is 0 Å². The summed E-state index contributed by atoms with van der Waals surface area (Å²) in [5.41, 5.74) is 5.61. The standard InChI is InChI=1S/C14H16/c1-3-12-6-9-14(10-12)13-7-4-11(2)5-8-13/h4-5,7-10H,3,6H2,1-2H3. The molecular formula is C14H16. The average molecular weight is 184 g/mol. The molecule has 1 aromatic rings. The van der Waals surface area contributed by atoms with E-state index in [1.165, 1.54) is 23.1 Å². The lowest BCUT2D eigenvalue weighted by Crippen LogP contribution is -1.79. The van der Waals surface area contributed by atoms with Crippen LogP contribution in [0.1, 0.15) is 30.9 Å². The molecule has 0 saturated heterocycles. The minimum Gasteiger partial charge on any atom is -0.0726 e. The Bertz CT molecular complexity index is 377. The van der Waals surface area contributed by atoms with Gasteiger partial charge in [0.05, 0.1) is 0 Å². The molecule has 0 amide bonds. The molecular weight excluding hydrogens is 168 g/mol. The second-order valence-corrected chi connectivity index (χ2v) is 3.89. The van der Waals surface area contributed by atoms with Gasteiger partial charge in [0.2, 0.25) is 0 Å². The third kappa shape index (κ3) is 1.79. The molecule has 0 aromatic heterocycles. The van der Waals surface area contributed by atoms with Crippen molar-refractivity contribution in [3.05, 3.63) is 53.1 Å². The van der Waals surface area contributed by atoms with Crippen LogP contribution in [0.4, 0.5) is 0 Å². The molecule has 0 bridgehead atoms. The van der Waals surface area contributed by atoms with Crippen molar-refractivity contribution in [1.82, 2.24) is 0 Å². The second-order valence-electron chi connectivity index (χ2n) is 3.89. The van der Waals surface area contributed by atoms with Gasteiger partial charge in [-0.25, -0.2) is 0 Å². The van der Waals surface area contributed by atoms with E-state index in [-0.39, 0.29) is 0 Å². The van der Waals surface area contributed by atoms with Crippen LogP contribution in [0.5, 0.6) is 0 Å². The minimum atomic E-state index is 1.14. The maximum absolute atomic E-state index is 2.32. The van der Waals surface area contributed by atoms with Crippen molar-refractivity contribution in [3.8, 4) is 0 Å². The summed E-state index contributed by atoms with van der Waals surface area (Å²) in [4.78, 5) is 0. The summed E-state index contributed by atoms with van der Waals surface area (Å²) in [7, 11) is 0. The fourth-order valence-electron chi connectivity index (χ4n) is 1.77. The Balaban J connectivity index is 2.25. The van der Waals surface area contributed by atoms with Gasteiger partial charge in [0.25, 0.3) is 0 Å². The average Bonchev–Trinajstić information content (AvgIpc) is 2.67. The van der Waals surface area contributed by atoms with Crippen LogP contribution in [0.25, 0.3) is 5.57 Å². The zero-order valence-electron chi connectivity index (χ0n) is 8.88. The molecule has 0 atom stereocenters. The highest BCUT2D eigenvalue weighted by Crippen LogP contribution is 2.27. The highest BCUT2D eigenvalue weighted by atomic mass is 14.1. The van der Waals surface area contributed by atoms with Crippen molar-refractivity contribution in [2.24, 2.45) is 0 Å². The van der Waals surface area contributed by atoms with Crippen LogP contribution in [0.2, 0.25) is 0 Å². The summed E-state index contributed by atoms with van der Waals surface area (Å²) in [6.07, 6.45) is 6.96. The Kier molecular flexibility index (Phi) is 2.53. The maximum Gasteiger partial charge on any atom is -0.0126 e. The van der Waals surface area contributed by atoms with Gasteiger partial charge >= 0.3 is 0 Å². The summed E-state index contributed by atoms with van der Waals surface area (Å²) in [6.45, 7) is 4.35. The molecule has 0 fully saturated rings. The third-order valence-electron chi connectivity index (χ3n) is 2.78. The van der Waals surface area contributed by atoms with E-state index in [1.807, 2.05) is 0 Å². The van der Waals surface area contributed by atoms with Crippen LogP contribution >= 0.6 is 0 Å². The molecule has 0 aliphatic heterocycles. The predicted molar refractivity (Wildman–Crippen MR) is 62.1 cm³/mol. The quantitative estimate of drug-likeness (QED) is 0.648. The first-order valence-corrected chi connectivity index (χ1v) is 5.26. The number of allylic oxidation sites excluding steroid dienone is 4. The molecule has 14 heavy (non-hydrogen) atoms. The lowest BCUT2D eigenvalue weighted by molar-refractivity contribution is 1.05. The maximum atomic E-state index is 2.32. The fraction of sp³-hybridized carbons (Fsp3) is 0.286. The van der Waals surface area contributed by atoms with Gasteiger partial charge in [-0.15, -0.1) is 0 Å². The van der Waals surface area contributed by atoms with Crippen molar-refractivity contribution >= 4 is 5.57 Å². The Morgan fingerprint density at radius 1 is 1.14 bits per heavy atom. The first kappa shape index (κ1) is 9.26. The van der Waals surface area contributed by atoms with Crippen LogP contribution in [0.3, 0.4) is 0 Å². The molecule has 0 nitrogen and oxygen atoms in total. The van der Waals surface area contributed by atoms with Crippen LogP contribution < -0.4 is 0 Å². The van der Waals surface area contributed by atoms with Gasteiger partial charge < -0.3 is 0 Å². The normalized spacial score (nSPS) is 15.3.